The van der Waals surface area contributed by atoms with Crippen LogP contribution in [0.15, 0.2) is 41.2 Å². The number of methoxy groups -OCH3 is 1. The molecule has 8 heteroatoms. The molecule has 1 aliphatic carbocycles. The van der Waals surface area contributed by atoms with Gasteiger partial charge in [-0.25, -0.2) is 14.2 Å². The molecule has 1 saturated carbocycles. The molecule has 0 radical (unpaired) electrons. The standard InChI is InChI=1S/C21H19ClFN3O3/c1-29-21(28)12-5-8-14-18(9-12)24-19(25-20(14)27)11-26(13-6-7-13)10-15-16(22)3-2-4-17(15)23/h2-5,8-9,13H,6-7,10-11H2,1H3,(H,24,25,27). The van der Waals surface area contributed by atoms with Gasteiger partial charge in [0.15, 0.2) is 0 Å². The first kappa shape index (κ1) is 19.5. The molecular formula is C21H19ClFN3O3. The average molecular weight is 416 g/mol. The summed E-state index contributed by atoms with van der Waals surface area (Å²) < 4.78 is 19.0. The maximum Gasteiger partial charge on any atom is 0.337 e. The fourth-order valence-corrected chi connectivity index (χ4v) is 3.56. The van der Waals surface area contributed by atoms with Gasteiger partial charge >= 0.3 is 5.97 Å². The van der Waals surface area contributed by atoms with Crippen molar-refractivity contribution in [3.05, 3.63) is 74.5 Å². The van der Waals surface area contributed by atoms with Crippen molar-refractivity contribution in [3.63, 3.8) is 0 Å². The number of esters is 1. The highest BCUT2D eigenvalue weighted by Crippen LogP contribution is 2.31. The minimum Gasteiger partial charge on any atom is -0.465 e. The van der Waals surface area contributed by atoms with Gasteiger partial charge in [0.05, 0.1) is 30.1 Å². The minimum atomic E-state index is -0.496. The number of nitrogens with one attached hydrogen (secondary N) is 1. The SMILES string of the molecule is COC(=O)c1ccc2c(=O)[nH]c(CN(Cc3c(F)cccc3Cl)C3CC3)nc2c1. The number of carbonyl (C=O) groups excluding carboxylic acids is 1. The molecule has 0 atom stereocenters. The second kappa shape index (κ2) is 7.93. The van der Waals surface area contributed by atoms with E-state index in [1.54, 1.807) is 18.2 Å². The topological polar surface area (TPSA) is 75.3 Å². The normalized spacial score (nSPS) is 13.8. The Morgan fingerprint density at radius 3 is 2.79 bits per heavy atom. The number of aromatic nitrogens is 2. The summed E-state index contributed by atoms with van der Waals surface area (Å²) in [6.45, 7) is 0.656. The van der Waals surface area contributed by atoms with E-state index in [0.29, 0.717) is 46.0 Å². The van der Waals surface area contributed by atoms with Crippen LogP contribution >= 0.6 is 11.6 Å². The number of H-pyrrole nitrogens is 1. The van der Waals surface area contributed by atoms with Gasteiger partial charge in [-0.3, -0.25) is 9.69 Å². The molecule has 1 N–H and O–H groups in total. The lowest BCUT2D eigenvalue weighted by molar-refractivity contribution is 0.0601. The Labute approximate surface area is 171 Å². The van der Waals surface area contributed by atoms with Crippen LogP contribution in [-0.2, 0) is 17.8 Å². The third-order valence-corrected chi connectivity index (χ3v) is 5.37. The number of hydrogen-bond donors (Lipinski definition) is 1. The third kappa shape index (κ3) is 4.16. The zero-order valence-electron chi connectivity index (χ0n) is 15.7. The fourth-order valence-electron chi connectivity index (χ4n) is 3.34. The monoisotopic (exact) mass is 415 g/mol. The van der Waals surface area contributed by atoms with Crippen molar-refractivity contribution in [2.24, 2.45) is 0 Å². The summed E-state index contributed by atoms with van der Waals surface area (Å²) in [5, 5.41) is 0.759. The van der Waals surface area contributed by atoms with Gasteiger partial charge in [-0.15, -0.1) is 0 Å². The number of hydrogen-bond acceptors (Lipinski definition) is 5. The van der Waals surface area contributed by atoms with Gasteiger partial charge in [-0.2, -0.15) is 0 Å². The maximum atomic E-state index is 14.2. The number of carbonyl (C=O) groups is 1. The summed E-state index contributed by atoms with van der Waals surface area (Å²) in [7, 11) is 1.30. The van der Waals surface area contributed by atoms with E-state index in [1.165, 1.54) is 25.3 Å². The first-order chi connectivity index (χ1) is 14.0. The van der Waals surface area contributed by atoms with E-state index in [2.05, 4.69) is 14.9 Å². The third-order valence-electron chi connectivity index (χ3n) is 5.02. The van der Waals surface area contributed by atoms with Crippen LogP contribution < -0.4 is 5.56 Å². The molecular weight excluding hydrogens is 397 g/mol. The van der Waals surface area contributed by atoms with Gasteiger partial charge in [-0.1, -0.05) is 17.7 Å². The van der Waals surface area contributed by atoms with Gasteiger partial charge in [0.1, 0.15) is 11.6 Å². The Morgan fingerprint density at radius 2 is 2.10 bits per heavy atom. The molecule has 0 amide bonds. The van der Waals surface area contributed by atoms with Gasteiger partial charge in [0, 0.05) is 23.2 Å². The van der Waals surface area contributed by atoms with Crippen LogP contribution in [0, 0.1) is 5.82 Å². The fraction of sp³-hybridized carbons (Fsp3) is 0.286. The summed E-state index contributed by atoms with van der Waals surface area (Å²) in [5.41, 5.74) is 0.867. The molecule has 6 nitrogen and oxygen atoms in total. The lowest BCUT2D eigenvalue weighted by Crippen LogP contribution is -2.28. The summed E-state index contributed by atoms with van der Waals surface area (Å²) in [5.74, 6) is -0.404. The molecule has 2 aromatic carbocycles. The quantitative estimate of drug-likeness (QED) is 0.622. The van der Waals surface area contributed by atoms with E-state index in [9.17, 15) is 14.0 Å². The van der Waals surface area contributed by atoms with Crippen LogP contribution in [0.3, 0.4) is 0 Å². The van der Waals surface area contributed by atoms with Crippen LogP contribution in [0.5, 0.6) is 0 Å². The number of ether oxygens (including phenoxy) is 1. The summed E-state index contributed by atoms with van der Waals surface area (Å²) in [6.07, 6.45) is 1.99. The molecule has 1 fully saturated rings. The summed E-state index contributed by atoms with van der Waals surface area (Å²) >= 11 is 6.18. The number of rotatable bonds is 6. The maximum absolute atomic E-state index is 14.2. The first-order valence-corrected chi connectivity index (χ1v) is 9.62. The minimum absolute atomic E-state index is 0.285. The van der Waals surface area contributed by atoms with Crippen LogP contribution in [-0.4, -0.2) is 34.0 Å². The molecule has 3 aromatic rings. The van der Waals surface area contributed by atoms with Crippen molar-refractivity contribution in [3.8, 4) is 0 Å². The second-order valence-electron chi connectivity index (χ2n) is 7.07. The van der Waals surface area contributed by atoms with Crippen molar-refractivity contribution in [1.29, 1.82) is 0 Å². The summed E-state index contributed by atoms with van der Waals surface area (Å²) in [4.78, 5) is 33.6. The van der Waals surface area contributed by atoms with E-state index in [4.69, 9.17) is 16.3 Å². The lowest BCUT2D eigenvalue weighted by Gasteiger charge is -2.22. The number of benzene rings is 2. The smallest absolute Gasteiger partial charge is 0.337 e. The molecule has 1 heterocycles. The second-order valence-corrected chi connectivity index (χ2v) is 7.48. The van der Waals surface area contributed by atoms with E-state index >= 15 is 0 Å². The first-order valence-electron chi connectivity index (χ1n) is 9.24. The van der Waals surface area contributed by atoms with Gasteiger partial charge < -0.3 is 9.72 Å². The molecule has 0 unspecified atom stereocenters. The van der Waals surface area contributed by atoms with E-state index in [0.717, 1.165) is 12.8 Å². The molecule has 29 heavy (non-hydrogen) atoms. The molecule has 0 spiro atoms. The number of halogens is 2. The van der Waals surface area contributed by atoms with Gasteiger partial charge in [-0.05, 0) is 43.2 Å². The molecule has 0 aliphatic heterocycles. The predicted octanol–water partition coefficient (Wildman–Crippen LogP) is 3.67. The molecule has 0 bridgehead atoms. The molecule has 4 rings (SSSR count). The summed E-state index contributed by atoms with van der Waals surface area (Å²) in [6, 6.07) is 9.52. The molecule has 150 valence electrons. The molecule has 1 aliphatic rings. The molecule has 1 aromatic heterocycles. The zero-order chi connectivity index (χ0) is 20.5. The highest BCUT2D eigenvalue weighted by atomic mass is 35.5. The van der Waals surface area contributed by atoms with Gasteiger partial charge in [0.25, 0.3) is 5.56 Å². The van der Waals surface area contributed by atoms with E-state index < -0.39 is 5.97 Å². The predicted molar refractivity (Wildman–Crippen MR) is 107 cm³/mol. The van der Waals surface area contributed by atoms with Crippen molar-refractivity contribution in [1.82, 2.24) is 14.9 Å². The van der Waals surface area contributed by atoms with Crippen LogP contribution in [0.4, 0.5) is 4.39 Å². The Morgan fingerprint density at radius 1 is 1.31 bits per heavy atom. The Hall–Kier alpha value is -2.77. The van der Waals surface area contributed by atoms with Crippen LogP contribution in [0.2, 0.25) is 5.02 Å². The van der Waals surface area contributed by atoms with Crippen molar-refractivity contribution in [2.45, 2.75) is 32.0 Å². The number of fused-ring (bicyclic) bond motifs is 1. The Kier molecular flexibility index (Phi) is 5.34. The Bertz CT molecular complexity index is 1120. The van der Waals surface area contributed by atoms with Crippen LogP contribution in [0.1, 0.15) is 34.6 Å². The number of nitrogens with zero attached hydrogens (tertiary/aromatic N) is 2. The van der Waals surface area contributed by atoms with Crippen LogP contribution in [0.25, 0.3) is 10.9 Å². The average Bonchev–Trinajstić information content (AvgIpc) is 3.54. The molecule has 0 saturated heterocycles. The van der Waals surface area contributed by atoms with Gasteiger partial charge in [0.2, 0.25) is 0 Å². The van der Waals surface area contributed by atoms with Crippen molar-refractivity contribution < 1.29 is 13.9 Å². The Balaban J connectivity index is 1.66. The van der Waals surface area contributed by atoms with Crippen molar-refractivity contribution >= 4 is 28.5 Å². The largest absolute Gasteiger partial charge is 0.465 e. The van der Waals surface area contributed by atoms with E-state index in [1.807, 2.05) is 0 Å². The van der Waals surface area contributed by atoms with Crippen molar-refractivity contribution in [2.75, 3.05) is 7.11 Å². The zero-order valence-corrected chi connectivity index (χ0v) is 16.5. The van der Waals surface area contributed by atoms with E-state index in [-0.39, 0.29) is 17.4 Å². The highest BCUT2D eigenvalue weighted by Gasteiger charge is 2.30. The highest BCUT2D eigenvalue weighted by molar-refractivity contribution is 6.31. The lowest BCUT2D eigenvalue weighted by atomic mass is 10.1. The number of aromatic amines is 1.